The molecule has 0 radical (unpaired) electrons. The lowest BCUT2D eigenvalue weighted by Gasteiger charge is -2.24. The first-order valence-electron chi connectivity index (χ1n) is 9.82. The van der Waals surface area contributed by atoms with E-state index in [4.69, 9.17) is 14.2 Å². The number of carbonyl (C=O) groups is 1. The summed E-state index contributed by atoms with van der Waals surface area (Å²) in [5.74, 6) is 1.06. The van der Waals surface area contributed by atoms with Gasteiger partial charge in [0.15, 0.2) is 0 Å². The van der Waals surface area contributed by atoms with Gasteiger partial charge in [-0.25, -0.2) is 4.79 Å². The van der Waals surface area contributed by atoms with Gasteiger partial charge in [0, 0.05) is 11.1 Å². The number of allylic oxidation sites excluding steroid dienone is 1. The van der Waals surface area contributed by atoms with E-state index < -0.39 is 12.1 Å². The zero-order valence-electron chi connectivity index (χ0n) is 17.5. The van der Waals surface area contributed by atoms with Gasteiger partial charge >= 0.3 is 5.97 Å². The van der Waals surface area contributed by atoms with Crippen LogP contribution < -0.4 is 9.47 Å². The van der Waals surface area contributed by atoms with Crippen molar-refractivity contribution in [3.63, 3.8) is 0 Å². The molecule has 0 saturated carbocycles. The van der Waals surface area contributed by atoms with Gasteiger partial charge in [-0.2, -0.15) is 0 Å². The van der Waals surface area contributed by atoms with Crippen molar-refractivity contribution >= 4 is 5.97 Å². The number of carbonyl (C=O) groups excluding carboxylic acids is 1. The summed E-state index contributed by atoms with van der Waals surface area (Å²) in [4.78, 5) is 12.9. The Kier molecular flexibility index (Phi) is 6.28. The Morgan fingerprint density at radius 1 is 1.31 bits per heavy atom. The predicted octanol–water partition coefficient (Wildman–Crippen LogP) is 5.27. The molecule has 1 heterocycles. The van der Waals surface area contributed by atoms with E-state index in [2.05, 4.69) is 6.58 Å². The summed E-state index contributed by atoms with van der Waals surface area (Å²) in [5, 5.41) is 10.6. The molecule has 3 rings (SSSR count). The molecule has 0 fully saturated rings. The molecule has 0 amide bonds. The number of methoxy groups -OCH3 is 1. The summed E-state index contributed by atoms with van der Waals surface area (Å²) in [5.41, 5.74) is 3.59. The molecule has 0 saturated heterocycles. The first-order chi connectivity index (χ1) is 13.8. The number of ether oxygens (including phenoxy) is 3. The van der Waals surface area contributed by atoms with Gasteiger partial charge in [-0.1, -0.05) is 31.6 Å². The maximum atomic E-state index is 12.9. The average molecular weight is 396 g/mol. The van der Waals surface area contributed by atoms with E-state index in [0.717, 1.165) is 16.7 Å². The van der Waals surface area contributed by atoms with E-state index in [-0.39, 0.29) is 18.1 Å². The summed E-state index contributed by atoms with van der Waals surface area (Å²) < 4.78 is 17.4. The molecule has 1 aliphatic heterocycles. The number of aryl methyl sites for hydroxylation is 1. The standard InChI is InChI=1S/C24H28O5/c1-6-7-16-11-15(4)12-17-13-28-24(26)21-20(29-22(16)17)9-8-18(23(21)27-5)19(25)10-14(2)3/h6,8-9,11-12,14,19,25H,1,7,10,13H2,2-5H3/t19-/m0/s1. The third kappa shape index (κ3) is 4.30. The lowest BCUT2D eigenvalue weighted by Crippen LogP contribution is -2.15. The molecule has 0 aliphatic carbocycles. The van der Waals surface area contributed by atoms with Crippen molar-refractivity contribution < 1.29 is 24.1 Å². The maximum Gasteiger partial charge on any atom is 0.346 e. The second-order valence-electron chi connectivity index (χ2n) is 7.79. The molecule has 0 bridgehead atoms. The van der Waals surface area contributed by atoms with Crippen LogP contribution in [0.25, 0.3) is 0 Å². The van der Waals surface area contributed by atoms with Gasteiger partial charge in [0.1, 0.15) is 29.4 Å². The minimum absolute atomic E-state index is 0.0986. The smallest absolute Gasteiger partial charge is 0.346 e. The summed E-state index contributed by atoms with van der Waals surface area (Å²) in [6.45, 7) is 9.97. The fraction of sp³-hybridized carbons (Fsp3) is 0.375. The number of esters is 1. The fourth-order valence-corrected chi connectivity index (χ4v) is 3.71. The van der Waals surface area contributed by atoms with E-state index >= 15 is 0 Å². The maximum absolute atomic E-state index is 12.9. The van der Waals surface area contributed by atoms with Crippen LogP contribution in [0.2, 0.25) is 0 Å². The number of rotatable bonds is 6. The van der Waals surface area contributed by atoms with E-state index in [1.54, 1.807) is 12.1 Å². The summed E-state index contributed by atoms with van der Waals surface area (Å²) in [6.07, 6.45) is 2.25. The lowest BCUT2D eigenvalue weighted by molar-refractivity contribution is 0.0454. The second-order valence-corrected chi connectivity index (χ2v) is 7.79. The molecular weight excluding hydrogens is 368 g/mol. The monoisotopic (exact) mass is 396 g/mol. The van der Waals surface area contributed by atoms with Gasteiger partial charge in [0.2, 0.25) is 0 Å². The van der Waals surface area contributed by atoms with Crippen molar-refractivity contribution in [2.45, 2.75) is 46.3 Å². The van der Waals surface area contributed by atoms with Crippen molar-refractivity contribution in [3.8, 4) is 17.2 Å². The molecule has 1 aliphatic rings. The average Bonchev–Trinajstić information content (AvgIpc) is 2.66. The number of hydrogen-bond donors (Lipinski definition) is 1. The Morgan fingerprint density at radius 2 is 2.07 bits per heavy atom. The number of benzene rings is 2. The highest BCUT2D eigenvalue weighted by molar-refractivity contribution is 5.96. The van der Waals surface area contributed by atoms with Crippen LogP contribution in [0.15, 0.2) is 36.9 Å². The SMILES string of the molecule is C=CCc1cc(C)cc2c1Oc1ccc([C@@H](O)CC(C)C)c(OC)c1C(=O)OC2. The van der Waals surface area contributed by atoms with Gasteiger partial charge in [0.05, 0.1) is 13.2 Å². The third-order valence-electron chi connectivity index (χ3n) is 4.93. The van der Waals surface area contributed by atoms with Crippen LogP contribution in [-0.2, 0) is 17.8 Å². The van der Waals surface area contributed by atoms with Crippen molar-refractivity contribution in [1.29, 1.82) is 0 Å². The van der Waals surface area contributed by atoms with Gasteiger partial charge in [-0.05, 0) is 49.4 Å². The first-order valence-corrected chi connectivity index (χ1v) is 9.82. The van der Waals surface area contributed by atoms with Gasteiger partial charge < -0.3 is 19.3 Å². The molecule has 2 aromatic carbocycles. The summed E-state index contributed by atoms with van der Waals surface area (Å²) in [6, 6.07) is 7.45. The molecule has 2 aromatic rings. The Bertz CT molecular complexity index is 929. The van der Waals surface area contributed by atoms with Crippen LogP contribution in [0.4, 0.5) is 0 Å². The van der Waals surface area contributed by atoms with Crippen LogP contribution >= 0.6 is 0 Å². The van der Waals surface area contributed by atoms with Crippen molar-refractivity contribution in [2.75, 3.05) is 7.11 Å². The molecule has 1 atom stereocenters. The Hall–Kier alpha value is -2.79. The zero-order chi connectivity index (χ0) is 21.1. The van der Waals surface area contributed by atoms with Crippen molar-refractivity contribution in [1.82, 2.24) is 0 Å². The largest absolute Gasteiger partial charge is 0.495 e. The Balaban J connectivity index is 2.14. The zero-order valence-corrected chi connectivity index (χ0v) is 17.5. The molecule has 1 N–H and O–H groups in total. The van der Waals surface area contributed by atoms with E-state index in [1.807, 2.05) is 39.0 Å². The van der Waals surface area contributed by atoms with Crippen LogP contribution in [-0.4, -0.2) is 18.2 Å². The number of cyclic esters (lactones) is 1. The summed E-state index contributed by atoms with van der Waals surface area (Å²) >= 11 is 0. The number of aliphatic hydroxyl groups excluding tert-OH is 1. The number of aliphatic hydroxyl groups is 1. The lowest BCUT2D eigenvalue weighted by atomic mass is 9.96. The third-order valence-corrected chi connectivity index (χ3v) is 4.93. The molecule has 29 heavy (non-hydrogen) atoms. The summed E-state index contributed by atoms with van der Waals surface area (Å²) in [7, 11) is 1.48. The van der Waals surface area contributed by atoms with Crippen LogP contribution in [0.3, 0.4) is 0 Å². The minimum atomic E-state index is -0.750. The quantitative estimate of drug-likeness (QED) is 0.532. The van der Waals surface area contributed by atoms with Gasteiger partial charge in [0.25, 0.3) is 0 Å². The Labute approximate surface area is 171 Å². The molecule has 0 aromatic heterocycles. The highest BCUT2D eigenvalue weighted by Gasteiger charge is 2.29. The predicted molar refractivity (Wildman–Crippen MR) is 112 cm³/mol. The molecule has 154 valence electrons. The van der Waals surface area contributed by atoms with Crippen molar-refractivity contribution in [2.24, 2.45) is 5.92 Å². The molecule has 0 unspecified atom stereocenters. The number of fused-ring (bicyclic) bond motifs is 2. The normalized spacial score (nSPS) is 14.1. The highest BCUT2D eigenvalue weighted by atomic mass is 16.5. The minimum Gasteiger partial charge on any atom is -0.495 e. The molecule has 5 heteroatoms. The van der Waals surface area contributed by atoms with Gasteiger partial charge in [-0.15, -0.1) is 6.58 Å². The second kappa shape index (κ2) is 8.70. The van der Waals surface area contributed by atoms with Crippen LogP contribution in [0.5, 0.6) is 17.2 Å². The van der Waals surface area contributed by atoms with Gasteiger partial charge in [-0.3, -0.25) is 0 Å². The van der Waals surface area contributed by atoms with Crippen LogP contribution in [0, 0.1) is 12.8 Å². The Morgan fingerprint density at radius 3 is 2.72 bits per heavy atom. The molecule has 5 nitrogen and oxygen atoms in total. The van der Waals surface area contributed by atoms with E-state index in [1.165, 1.54) is 7.11 Å². The van der Waals surface area contributed by atoms with Crippen molar-refractivity contribution in [3.05, 3.63) is 64.7 Å². The topological polar surface area (TPSA) is 65.0 Å². The molecule has 0 spiro atoms. The van der Waals surface area contributed by atoms with E-state index in [0.29, 0.717) is 35.7 Å². The molecular formula is C24H28O5. The highest BCUT2D eigenvalue weighted by Crippen LogP contribution is 2.42. The van der Waals surface area contributed by atoms with E-state index in [9.17, 15) is 9.90 Å². The van der Waals surface area contributed by atoms with Crippen LogP contribution in [0.1, 0.15) is 59.0 Å². The first kappa shape index (κ1) is 20.9. The number of hydrogen-bond acceptors (Lipinski definition) is 5. The fourth-order valence-electron chi connectivity index (χ4n) is 3.71.